The number of carbonyl (C=O) groups is 3. The SMILES string of the molecule is CC/C=C/C/C=C/C/C=C/C/C=C/CCCCCCCCC(=O)OCC(COCCC(C(=O)[O-])[N+](C)(C)C)OC(=O)CCCCCCCCCCCCC/C=C/C/C=C/C/C=C/CC. The molecule has 0 rings (SSSR count). The maximum atomic E-state index is 12.8. The number of likely N-dealkylation sites (N-methyl/N-ethyl adjacent to an activating group) is 1. The molecule has 0 saturated heterocycles. The molecule has 0 N–H and O–H groups in total. The lowest BCUT2D eigenvalue weighted by atomic mass is 10.0. The van der Waals surface area contributed by atoms with Crippen LogP contribution >= 0.6 is 0 Å². The fraction of sp³-hybridized carbons (Fsp3) is 0.696. The summed E-state index contributed by atoms with van der Waals surface area (Å²) < 4.78 is 17.2. The van der Waals surface area contributed by atoms with Crippen LogP contribution in [0.2, 0.25) is 0 Å². The number of unbranched alkanes of at least 4 members (excludes halogenated alkanes) is 17. The maximum Gasteiger partial charge on any atom is 0.306 e. The second-order valence-electron chi connectivity index (χ2n) is 18.0. The lowest BCUT2D eigenvalue weighted by Crippen LogP contribution is -2.55. The number of aliphatic carboxylic acids is 1. The van der Waals surface area contributed by atoms with Gasteiger partial charge in [0.1, 0.15) is 12.6 Å². The van der Waals surface area contributed by atoms with E-state index in [0.29, 0.717) is 12.8 Å². The highest BCUT2D eigenvalue weighted by Gasteiger charge is 2.25. The van der Waals surface area contributed by atoms with E-state index < -0.39 is 18.1 Å². The van der Waals surface area contributed by atoms with Crippen molar-refractivity contribution >= 4 is 17.9 Å². The van der Waals surface area contributed by atoms with Gasteiger partial charge in [-0.3, -0.25) is 9.59 Å². The Balaban J connectivity index is 4.28. The molecule has 0 heterocycles. The Bertz CT molecular complexity index is 1320. The predicted octanol–water partition coefficient (Wildman–Crippen LogP) is 13.5. The van der Waals surface area contributed by atoms with Gasteiger partial charge in [0.25, 0.3) is 0 Å². The lowest BCUT2D eigenvalue weighted by molar-refractivity contribution is -0.889. The van der Waals surface area contributed by atoms with Gasteiger partial charge in [0.2, 0.25) is 0 Å². The van der Waals surface area contributed by atoms with Gasteiger partial charge in [-0.2, -0.15) is 0 Å². The first kappa shape index (κ1) is 60.5. The minimum Gasteiger partial charge on any atom is -0.544 e. The van der Waals surface area contributed by atoms with Gasteiger partial charge in [0, 0.05) is 19.3 Å². The molecule has 0 amide bonds. The zero-order valence-electron chi connectivity index (χ0n) is 41.7. The first-order valence-corrected chi connectivity index (χ1v) is 25.6. The molecule has 0 spiro atoms. The van der Waals surface area contributed by atoms with Gasteiger partial charge >= 0.3 is 11.9 Å². The third kappa shape index (κ3) is 43.7. The zero-order chi connectivity index (χ0) is 47.0. The Morgan fingerprint density at radius 1 is 0.469 bits per heavy atom. The third-order valence-electron chi connectivity index (χ3n) is 11.0. The van der Waals surface area contributed by atoms with E-state index in [4.69, 9.17) is 14.2 Å². The average Bonchev–Trinajstić information content (AvgIpc) is 3.26. The minimum absolute atomic E-state index is 0.0311. The second kappa shape index (κ2) is 46.1. The summed E-state index contributed by atoms with van der Waals surface area (Å²) in [6, 6.07) is -0.733. The highest BCUT2D eigenvalue weighted by molar-refractivity contribution is 5.70. The van der Waals surface area contributed by atoms with Gasteiger partial charge in [0.15, 0.2) is 6.10 Å². The Morgan fingerprint density at radius 3 is 1.22 bits per heavy atom. The molecule has 0 aliphatic carbocycles. The van der Waals surface area contributed by atoms with E-state index in [1.165, 1.54) is 70.6 Å². The molecule has 0 bridgehead atoms. The number of carboxylic acids is 1. The number of carbonyl (C=O) groups excluding carboxylic acids is 3. The molecule has 0 aromatic rings. The first-order chi connectivity index (χ1) is 31.1. The molecule has 0 aromatic carbocycles. The summed E-state index contributed by atoms with van der Waals surface area (Å²) in [6.07, 6.45) is 60.4. The summed E-state index contributed by atoms with van der Waals surface area (Å²) in [6.45, 7) is 4.43. The van der Waals surface area contributed by atoms with Crippen LogP contribution in [0.3, 0.4) is 0 Å². The minimum atomic E-state index is -1.13. The van der Waals surface area contributed by atoms with E-state index in [1.54, 1.807) is 21.1 Å². The molecule has 0 fully saturated rings. The summed E-state index contributed by atoms with van der Waals surface area (Å²) in [5, 5.41) is 11.7. The van der Waals surface area contributed by atoms with Crippen molar-refractivity contribution in [2.45, 2.75) is 212 Å². The van der Waals surface area contributed by atoms with Crippen LogP contribution in [0.1, 0.15) is 200 Å². The van der Waals surface area contributed by atoms with Crippen LogP contribution in [0.15, 0.2) is 85.1 Å². The topological polar surface area (TPSA) is 102 Å². The number of carboxylic acid groups (broad SMARTS) is 1. The molecule has 0 aromatic heterocycles. The van der Waals surface area contributed by atoms with Crippen molar-refractivity contribution in [3.8, 4) is 0 Å². The molecular formula is C56H95NO7. The van der Waals surface area contributed by atoms with Crippen molar-refractivity contribution < 1.29 is 38.2 Å². The van der Waals surface area contributed by atoms with E-state index in [9.17, 15) is 19.5 Å². The molecule has 64 heavy (non-hydrogen) atoms. The molecule has 2 atom stereocenters. The highest BCUT2D eigenvalue weighted by atomic mass is 16.6. The van der Waals surface area contributed by atoms with E-state index >= 15 is 0 Å². The first-order valence-electron chi connectivity index (χ1n) is 25.6. The van der Waals surface area contributed by atoms with Crippen LogP contribution < -0.4 is 5.11 Å². The van der Waals surface area contributed by atoms with E-state index in [2.05, 4.69) is 98.9 Å². The number of quaternary nitrogens is 1. The van der Waals surface area contributed by atoms with E-state index in [1.807, 2.05) is 0 Å². The largest absolute Gasteiger partial charge is 0.544 e. The van der Waals surface area contributed by atoms with Crippen molar-refractivity contribution in [2.24, 2.45) is 0 Å². The van der Waals surface area contributed by atoms with Gasteiger partial charge in [0.05, 0.1) is 40.3 Å². The highest BCUT2D eigenvalue weighted by Crippen LogP contribution is 2.15. The second-order valence-corrected chi connectivity index (χ2v) is 18.0. The Morgan fingerprint density at radius 2 is 0.828 bits per heavy atom. The summed E-state index contributed by atoms with van der Waals surface area (Å²) in [5.41, 5.74) is 0. The summed E-state index contributed by atoms with van der Waals surface area (Å²) in [4.78, 5) is 37.1. The molecule has 0 saturated carbocycles. The van der Waals surface area contributed by atoms with Crippen molar-refractivity contribution in [1.29, 1.82) is 0 Å². The number of hydrogen-bond donors (Lipinski definition) is 0. The number of nitrogens with zero attached hydrogens (tertiary/aromatic N) is 1. The third-order valence-corrected chi connectivity index (χ3v) is 11.0. The van der Waals surface area contributed by atoms with Crippen molar-refractivity contribution in [3.05, 3.63) is 85.1 Å². The fourth-order valence-electron chi connectivity index (χ4n) is 7.14. The molecule has 0 radical (unpaired) electrons. The lowest BCUT2D eigenvalue weighted by Gasteiger charge is -2.34. The molecule has 2 unspecified atom stereocenters. The summed E-state index contributed by atoms with van der Waals surface area (Å²) >= 11 is 0. The maximum absolute atomic E-state index is 12.8. The van der Waals surface area contributed by atoms with Gasteiger partial charge in [-0.05, 0) is 83.5 Å². The Labute approximate surface area is 393 Å². The van der Waals surface area contributed by atoms with Crippen molar-refractivity contribution in [3.63, 3.8) is 0 Å². The van der Waals surface area contributed by atoms with E-state index in [0.717, 1.165) is 96.3 Å². The molecule has 0 aliphatic heterocycles. The molecular weight excluding hydrogens is 799 g/mol. The van der Waals surface area contributed by atoms with Crippen molar-refractivity contribution in [2.75, 3.05) is 41.0 Å². The normalized spacial score (nSPS) is 13.6. The fourth-order valence-corrected chi connectivity index (χ4v) is 7.14. The molecule has 8 nitrogen and oxygen atoms in total. The molecule has 366 valence electrons. The molecule has 0 aliphatic rings. The van der Waals surface area contributed by atoms with Gasteiger partial charge in [-0.1, -0.05) is 182 Å². The van der Waals surface area contributed by atoms with Crippen LogP contribution in [0.25, 0.3) is 0 Å². The number of allylic oxidation sites excluding steroid dienone is 14. The van der Waals surface area contributed by atoms with Crippen LogP contribution in [-0.2, 0) is 28.6 Å². The van der Waals surface area contributed by atoms with Crippen LogP contribution in [0.4, 0.5) is 0 Å². The van der Waals surface area contributed by atoms with Crippen LogP contribution in [0, 0.1) is 0 Å². The van der Waals surface area contributed by atoms with Crippen molar-refractivity contribution in [1.82, 2.24) is 0 Å². The van der Waals surface area contributed by atoms with E-state index in [-0.39, 0.29) is 42.7 Å². The zero-order valence-corrected chi connectivity index (χ0v) is 41.7. The smallest absolute Gasteiger partial charge is 0.306 e. The standard InChI is InChI=1S/C56H95NO7/c1-6-8-10-12-14-16-18-20-22-24-26-27-29-31-33-35-37-39-41-43-45-47-55(59)64-52(50-62-49-48-53(56(60)61)57(3,4)5)51-63-54(58)46-44-42-40-38-36-34-32-30-28-25-23-21-19-17-15-13-11-9-7-2/h8-11,14-17,20-23,28,30,52-53H,6-7,12-13,18-19,24-27,29,31-51H2,1-5H3/b10-8+,11-9+,16-14+,17-15+,22-20+,23-21+,30-28+. The predicted molar refractivity (Wildman–Crippen MR) is 268 cm³/mol. The van der Waals surface area contributed by atoms with Crippen LogP contribution in [0.5, 0.6) is 0 Å². The van der Waals surface area contributed by atoms with Gasteiger partial charge in [-0.25, -0.2) is 0 Å². The monoisotopic (exact) mass is 894 g/mol. The Hall–Kier alpha value is -3.49. The van der Waals surface area contributed by atoms with Gasteiger partial charge < -0.3 is 28.6 Å². The molecule has 8 heteroatoms. The number of ether oxygens (including phenoxy) is 3. The van der Waals surface area contributed by atoms with Crippen LogP contribution in [-0.4, -0.2) is 75.5 Å². The van der Waals surface area contributed by atoms with Gasteiger partial charge in [-0.15, -0.1) is 0 Å². The quantitative estimate of drug-likeness (QED) is 0.0260. The number of hydrogen-bond acceptors (Lipinski definition) is 7. The number of rotatable bonds is 45. The average molecular weight is 894 g/mol. The summed E-state index contributed by atoms with van der Waals surface area (Å²) in [5.74, 6) is -1.76. The Kier molecular flexibility index (Phi) is 43.5. The summed E-state index contributed by atoms with van der Waals surface area (Å²) in [7, 11) is 5.41. The number of esters is 2.